The molecule has 0 aliphatic heterocycles. The molecule has 7 heteroatoms. The number of aliphatic imine (C=N–C) groups is 2. The van der Waals surface area contributed by atoms with E-state index in [1.54, 1.807) is 63.0 Å². The van der Waals surface area contributed by atoms with Crippen molar-refractivity contribution >= 4 is 12.4 Å². The fraction of sp³-hybridized carbons (Fsp3) is 0.133. The molecule has 0 aromatic heterocycles. The van der Waals surface area contributed by atoms with Crippen molar-refractivity contribution in [2.24, 2.45) is 9.98 Å². The van der Waals surface area contributed by atoms with Crippen LogP contribution in [-0.2, 0) is 16.8 Å². The standard InChI is InChI=1S/C30H28N2O4.Co/c1-35-25-13-7-11-21(17-25)29(31-19-23-9-3-5-15-27(23)33)30(22-12-8-14-26(18-22)36-2)32-20-24-10-4-6-16-28(24)34;/h3-20,29-30,33-34H,1-2H3;. The number of phenolic OH excluding ortho intramolecular Hbond substituents is 2. The summed E-state index contributed by atoms with van der Waals surface area (Å²) in [6.45, 7) is 0. The zero-order chi connectivity index (χ0) is 25.3. The second kappa shape index (κ2) is 13.3. The first kappa shape index (κ1) is 27.5. The van der Waals surface area contributed by atoms with E-state index in [1.807, 2.05) is 60.7 Å². The van der Waals surface area contributed by atoms with Gasteiger partial charge in [0.1, 0.15) is 35.1 Å². The molecule has 0 aliphatic carbocycles. The maximum atomic E-state index is 10.3. The predicted octanol–water partition coefficient (Wildman–Crippen LogP) is 6.13. The Balaban J connectivity index is 0.00000380. The van der Waals surface area contributed by atoms with E-state index < -0.39 is 12.1 Å². The van der Waals surface area contributed by atoms with Crippen molar-refractivity contribution in [3.63, 3.8) is 0 Å². The number of hydrogen-bond acceptors (Lipinski definition) is 6. The van der Waals surface area contributed by atoms with E-state index in [0.29, 0.717) is 22.6 Å². The Kier molecular flexibility index (Phi) is 9.89. The molecule has 2 N–H and O–H groups in total. The van der Waals surface area contributed by atoms with Crippen molar-refractivity contribution < 1.29 is 36.5 Å². The van der Waals surface area contributed by atoms with Gasteiger partial charge in [-0.05, 0) is 59.7 Å². The van der Waals surface area contributed by atoms with Gasteiger partial charge in [-0.3, -0.25) is 9.98 Å². The van der Waals surface area contributed by atoms with E-state index in [-0.39, 0.29) is 28.3 Å². The molecule has 4 aromatic rings. The van der Waals surface area contributed by atoms with Crippen LogP contribution in [0.2, 0.25) is 0 Å². The molecule has 2 atom stereocenters. The Bertz CT molecular complexity index is 1270. The summed E-state index contributed by atoms with van der Waals surface area (Å²) in [5.74, 6) is 1.68. The SMILES string of the molecule is COc1cccc(C(N=Cc2ccccc2O)C(N=Cc2ccccc2O)c2cccc(OC)c2)c1.[Co]. The summed E-state index contributed by atoms with van der Waals surface area (Å²) in [7, 11) is 3.24. The number of aromatic hydroxyl groups is 2. The first-order valence-corrected chi connectivity index (χ1v) is 11.5. The van der Waals surface area contributed by atoms with E-state index in [9.17, 15) is 10.2 Å². The minimum absolute atomic E-state index is 0. The second-order valence-electron chi connectivity index (χ2n) is 8.12. The third kappa shape index (κ3) is 7.00. The number of rotatable bonds is 9. The predicted molar refractivity (Wildman–Crippen MR) is 143 cm³/mol. The molecule has 0 spiro atoms. The van der Waals surface area contributed by atoms with Crippen LogP contribution in [0.25, 0.3) is 0 Å². The molecule has 37 heavy (non-hydrogen) atoms. The van der Waals surface area contributed by atoms with Crippen molar-refractivity contribution in [2.75, 3.05) is 14.2 Å². The summed E-state index contributed by atoms with van der Waals surface area (Å²) < 4.78 is 10.9. The van der Waals surface area contributed by atoms with Crippen LogP contribution in [0.5, 0.6) is 23.0 Å². The van der Waals surface area contributed by atoms with Crippen LogP contribution < -0.4 is 9.47 Å². The monoisotopic (exact) mass is 539 g/mol. The Hall–Kier alpha value is -4.07. The van der Waals surface area contributed by atoms with Crippen molar-refractivity contribution in [2.45, 2.75) is 12.1 Å². The van der Waals surface area contributed by atoms with Crippen molar-refractivity contribution in [3.8, 4) is 23.0 Å². The third-order valence-electron chi connectivity index (χ3n) is 5.79. The molecule has 1 radical (unpaired) electrons. The first-order chi connectivity index (χ1) is 17.6. The van der Waals surface area contributed by atoms with Crippen LogP contribution >= 0.6 is 0 Å². The van der Waals surface area contributed by atoms with Crippen molar-refractivity contribution in [1.82, 2.24) is 0 Å². The number of methoxy groups -OCH3 is 2. The minimum atomic E-state index is -0.478. The van der Waals surface area contributed by atoms with Gasteiger partial charge in [0.2, 0.25) is 0 Å². The van der Waals surface area contributed by atoms with Gasteiger partial charge in [-0.15, -0.1) is 0 Å². The van der Waals surface area contributed by atoms with Crippen LogP contribution in [0.1, 0.15) is 34.3 Å². The van der Waals surface area contributed by atoms with E-state index >= 15 is 0 Å². The minimum Gasteiger partial charge on any atom is -0.507 e. The fourth-order valence-corrected chi connectivity index (χ4v) is 3.87. The number of ether oxygens (including phenoxy) is 2. The molecule has 0 heterocycles. The quantitative estimate of drug-likeness (QED) is 0.251. The van der Waals surface area contributed by atoms with Gasteiger partial charge in [0, 0.05) is 40.3 Å². The Morgan fingerprint density at radius 1 is 0.595 bits per heavy atom. The molecule has 0 fully saturated rings. The number of hydrogen-bond donors (Lipinski definition) is 2. The average molecular weight is 539 g/mol. The summed E-state index contributed by atoms with van der Waals surface area (Å²) >= 11 is 0. The number of nitrogens with zero attached hydrogens (tertiary/aromatic N) is 2. The summed E-state index contributed by atoms with van der Waals surface area (Å²) in [5.41, 5.74) is 2.95. The van der Waals surface area contributed by atoms with Gasteiger partial charge >= 0.3 is 0 Å². The van der Waals surface area contributed by atoms with Crippen LogP contribution in [-0.4, -0.2) is 36.9 Å². The van der Waals surface area contributed by atoms with Gasteiger partial charge < -0.3 is 19.7 Å². The molecule has 6 nitrogen and oxygen atoms in total. The molecule has 4 aromatic carbocycles. The molecule has 4 rings (SSSR count). The van der Waals surface area contributed by atoms with E-state index in [0.717, 1.165) is 11.1 Å². The normalized spacial score (nSPS) is 12.7. The molecule has 0 saturated heterocycles. The Morgan fingerprint density at radius 3 is 1.38 bits per heavy atom. The third-order valence-corrected chi connectivity index (χ3v) is 5.79. The number of benzene rings is 4. The van der Waals surface area contributed by atoms with Gasteiger partial charge in [0.15, 0.2) is 0 Å². The van der Waals surface area contributed by atoms with Gasteiger partial charge in [0.05, 0.1) is 14.2 Å². The largest absolute Gasteiger partial charge is 0.507 e. The summed E-state index contributed by atoms with van der Waals surface area (Å²) in [5, 5.41) is 20.6. The molecule has 191 valence electrons. The smallest absolute Gasteiger partial charge is 0.124 e. The van der Waals surface area contributed by atoms with Crippen molar-refractivity contribution in [1.29, 1.82) is 0 Å². The number of phenols is 2. The van der Waals surface area contributed by atoms with E-state index in [2.05, 4.69) is 0 Å². The molecule has 2 unspecified atom stereocenters. The van der Waals surface area contributed by atoms with Crippen LogP contribution in [0.3, 0.4) is 0 Å². The summed E-state index contributed by atoms with van der Waals surface area (Å²) in [4.78, 5) is 9.82. The molecule has 0 bridgehead atoms. The van der Waals surface area contributed by atoms with E-state index in [1.165, 1.54) is 0 Å². The maximum absolute atomic E-state index is 10.3. The molecular formula is C30H28CoN2O4. The molecular weight excluding hydrogens is 511 g/mol. The first-order valence-electron chi connectivity index (χ1n) is 11.5. The average Bonchev–Trinajstić information content (AvgIpc) is 2.92. The Morgan fingerprint density at radius 2 is 1.00 bits per heavy atom. The van der Waals surface area contributed by atoms with Crippen LogP contribution in [0, 0.1) is 0 Å². The summed E-state index contributed by atoms with van der Waals surface area (Å²) in [6, 6.07) is 28.5. The maximum Gasteiger partial charge on any atom is 0.124 e. The second-order valence-corrected chi connectivity index (χ2v) is 8.12. The fourth-order valence-electron chi connectivity index (χ4n) is 3.87. The van der Waals surface area contributed by atoms with Crippen LogP contribution in [0.4, 0.5) is 0 Å². The zero-order valence-corrected chi connectivity index (χ0v) is 21.5. The van der Waals surface area contributed by atoms with Crippen LogP contribution in [0.15, 0.2) is 107 Å². The topological polar surface area (TPSA) is 83.6 Å². The van der Waals surface area contributed by atoms with Gasteiger partial charge in [-0.25, -0.2) is 0 Å². The van der Waals surface area contributed by atoms with Gasteiger partial charge in [0.25, 0.3) is 0 Å². The zero-order valence-electron chi connectivity index (χ0n) is 20.5. The van der Waals surface area contributed by atoms with Crippen molar-refractivity contribution in [3.05, 3.63) is 119 Å². The molecule has 0 saturated carbocycles. The van der Waals surface area contributed by atoms with Gasteiger partial charge in [-0.2, -0.15) is 0 Å². The summed E-state index contributed by atoms with van der Waals surface area (Å²) in [6.07, 6.45) is 3.31. The molecule has 0 amide bonds. The van der Waals surface area contributed by atoms with E-state index in [4.69, 9.17) is 19.5 Å². The van der Waals surface area contributed by atoms with Gasteiger partial charge in [-0.1, -0.05) is 48.5 Å². The number of para-hydroxylation sites is 2. The molecule has 0 aliphatic rings. The Labute approximate surface area is 227 Å².